The summed E-state index contributed by atoms with van der Waals surface area (Å²) in [5, 5.41) is 18.8. The van der Waals surface area contributed by atoms with Crippen LogP contribution >= 0.6 is 11.3 Å². The summed E-state index contributed by atoms with van der Waals surface area (Å²) in [4.78, 5) is 45.4. The Balaban J connectivity index is 1.01. The minimum atomic E-state index is -1.12. The van der Waals surface area contributed by atoms with Crippen LogP contribution in [0.1, 0.15) is 68.6 Å². The molecule has 5 aromatic rings. The minimum Gasteiger partial charge on any atom is -0.476 e. The number of aromatic carboxylic acids is 1. The summed E-state index contributed by atoms with van der Waals surface area (Å²) in [7, 11) is 1.99. The number of hydrogen-bond acceptors (Lipinski definition) is 9. The number of anilines is 3. The third-order valence-electron chi connectivity index (χ3n) is 12.3. The maximum absolute atomic E-state index is 13.7. The van der Waals surface area contributed by atoms with E-state index in [2.05, 4.69) is 29.0 Å². The van der Waals surface area contributed by atoms with Gasteiger partial charge in [0.25, 0.3) is 0 Å². The lowest BCUT2D eigenvalue weighted by Crippen LogP contribution is -2.65. The van der Waals surface area contributed by atoms with Gasteiger partial charge in [0.05, 0.1) is 39.1 Å². The van der Waals surface area contributed by atoms with E-state index in [0.717, 1.165) is 65.8 Å². The Labute approximate surface area is 311 Å². The third kappa shape index (κ3) is 5.67. The van der Waals surface area contributed by atoms with Crippen molar-refractivity contribution < 1.29 is 19.5 Å². The zero-order valence-corrected chi connectivity index (χ0v) is 31.3. The molecule has 2 amide bonds. The number of carbonyl (C=O) groups excluding carboxylic acids is 1. The number of aromatic nitrogens is 4. The molecule has 10 rings (SSSR count). The average molecular weight is 733 g/mol. The molecule has 274 valence electrons. The molecule has 4 fully saturated rings. The number of amides is 2. The van der Waals surface area contributed by atoms with Crippen LogP contribution in [0.4, 0.5) is 21.3 Å². The molecular weight excluding hydrogens is 689 g/mol. The second-order valence-electron chi connectivity index (χ2n) is 16.9. The smallest absolute Gasteiger partial charge is 0.355 e. The molecule has 0 saturated heterocycles. The first-order valence-electron chi connectivity index (χ1n) is 18.2. The largest absolute Gasteiger partial charge is 0.476 e. The summed E-state index contributed by atoms with van der Waals surface area (Å²) in [6, 6.07) is 17.0. The number of carboxylic acids is 1. The number of carbonyl (C=O) groups is 2. The number of pyridine rings is 1. The van der Waals surface area contributed by atoms with Crippen molar-refractivity contribution >= 4 is 50.1 Å². The molecule has 53 heavy (non-hydrogen) atoms. The van der Waals surface area contributed by atoms with Crippen molar-refractivity contribution in [2.75, 3.05) is 35.3 Å². The molecular formula is C40H44N8O4S. The lowest BCUT2D eigenvalue weighted by molar-refractivity contribution is -0.250. The fourth-order valence-electron chi connectivity index (χ4n) is 11.3. The Bertz CT molecular complexity index is 2270. The number of benzene rings is 2. The van der Waals surface area contributed by atoms with Gasteiger partial charge in [-0.1, -0.05) is 43.4 Å². The molecule has 2 atom stereocenters. The second kappa shape index (κ2) is 11.8. The summed E-state index contributed by atoms with van der Waals surface area (Å²) in [6.45, 7) is 8.64. The van der Waals surface area contributed by atoms with E-state index in [-0.39, 0.29) is 33.6 Å². The number of likely N-dealkylation sites (N-methyl/N-ethyl adjacent to an activating group) is 1. The molecule has 0 radical (unpaired) electrons. The molecule has 4 heterocycles. The van der Waals surface area contributed by atoms with Gasteiger partial charge in [-0.2, -0.15) is 5.10 Å². The van der Waals surface area contributed by atoms with Crippen LogP contribution in [-0.4, -0.2) is 62.6 Å². The molecule has 5 aliphatic rings. The van der Waals surface area contributed by atoms with Crippen molar-refractivity contribution in [3.05, 3.63) is 72.2 Å². The van der Waals surface area contributed by atoms with Crippen molar-refractivity contribution in [1.82, 2.24) is 19.7 Å². The molecule has 12 nitrogen and oxygen atoms in total. The summed E-state index contributed by atoms with van der Waals surface area (Å²) in [6.07, 6.45) is 8.06. The molecule has 3 aromatic heterocycles. The van der Waals surface area contributed by atoms with Gasteiger partial charge in [-0.25, -0.2) is 25.5 Å². The van der Waals surface area contributed by atoms with E-state index in [4.69, 9.17) is 20.8 Å². The molecule has 0 spiro atoms. The van der Waals surface area contributed by atoms with Crippen molar-refractivity contribution in [3.63, 3.8) is 0 Å². The number of nitrogens with one attached hydrogen (secondary N) is 1. The van der Waals surface area contributed by atoms with E-state index in [9.17, 15) is 14.7 Å². The predicted octanol–water partition coefficient (Wildman–Crippen LogP) is 7.73. The van der Waals surface area contributed by atoms with Crippen LogP contribution in [0.25, 0.3) is 32.6 Å². The van der Waals surface area contributed by atoms with E-state index in [1.54, 1.807) is 11.1 Å². The highest BCUT2D eigenvalue weighted by atomic mass is 32.1. The van der Waals surface area contributed by atoms with Crippen LogP contribution in [0, 0.1) is 23.2 Å². The molecule has 4 saturated carbocycles. The maximum Gasteiger partial charge on any atom is 0.355 e. The lowest BCUT2D eigenvalue weighted by Gasteiger charge is -2.68. The number of nitrogens with two attached hydrogens (primary N) is 1. The first kappa shape index (κ1) is 34.0. The Morgan fingerprint density at radius 2 is 1.72 bits per heavy atom. The van der Waals surface area contributed by atoms with Crippen LogP contribution in [0.3, 0.4) is 0 Å². The van der Waals surface area contributed by atoms with Gasteiger partial charge >= 0.3 is 12.0 Å². The monoisotopic (exact) mass is 732 g/mol. The highest BCUT2D eigenvalue weighted by Crippen LogP contribution is 2.71. The Morgan fingerprint density at radius 1 is 0.943 bits per heavy atom. The molecule has 4 aliphatic carbocycles. The summed E-state index contributed by atoms with van der Waals surface area (Å²) >= 11 is 1.43. The van der Waals surface area contributed by atoms with Gasteiger partial charge in [-0.3, -0.25) is 19.7 Å². The summed E-state index contributed by atoms with van der Waals surface area (Å²) < 4.78 is 3.05. The Kier molecular flexibility index (Phi) is 7.58. The SMILES string of the molecule is Cc1c(-c2ccc(-c3ccc4c(c3)N(C(=O)Nc3nc5ccccc5s3)CCN4C)nc2C(=O)O)cnn1CC12CC3(C)CC(C)(C1)CC(ON)(C3)C2. The van der Waals surface area contributed by atoms with Crippen molar-refractivity contribution in [1.29, 1.82) is 0 Å². The van der Waals surface area contributed by atoms with E-state index in [1.807, 2.05) is 73.3 Å². The number of urea groups is 1. The summed E-state index contributed by atoms with van der Waals surface area (Å²) in [5.74, 6) is 4.88. The van der Waals surface area contributed by atoms with Crippen molar-refractivity contribution in [2.45, 2.75) is 71.4 Å². The molecule has 4 bridgehead atoms. The summed E-state index contributed by atoms with van der Waals surface area (Å²) in [5.41, 5.74) is 5.82. The number of para-hydroxylation sites is 1. The van der Waals surface area contributed by atoms with Gasteiger partial charge in [0.15, 0.2) is 10.8 Å². The van der Waals surface area contributed by atoms with Gasteiger partial charge in [0.1, 0.15) is 0 Å². The van der Waals surface area contributed by atoms with Gasteiger partial charge in [-0.05, 0) is 98.1 Å². The van der Waals surface area contributed by atoms with Crippen LogP contribution in [0.5, 0.6) is 0 Å². The topological polar surface area (TPSA) is 152 Å². The van der Waals surface area contributed by atoms with E-state index >= 15 is 0 Å². The first-order chi connectivity index (χ1) is 25.3. The fraction of sp³-hybridized carbons (Fsp3) is 0.425. The second-order valence-corrected chi connectivity index (χ2v) is 17.9. The van der Waals surface area contributed by atoms with Crippen molar-refractivity contribution in [2.24, 2.45) is 22.1 Å². The molecule has 4 N–H and O–H groups in total. The van der Waals surface area contributed by atoms with Crippen LogP contribution in [0.15, 0.2) is 60.8 Å². The molecule has 13 heteroatoms. The Morgan fingerprint density at radius 3 is 2.45 bits per heavy atom. The van der Waals surface area contributed by atoms with Crippen LogP contribution in [-0.2, 0) is 11.4 Å². The van der Waals surface area contributed by atoms with E-state index < -0.39 is 5.97 Å². The predicted molar refractivity (Wildman–Crippen MR) is 206 cm³/mol. The standard InChI is InChI=1S/C40H44N8O4S/c1-24-27(16-42-48(24)23-39-18-37(2)17-38(3,19-39)21-40(20-37,22-39)52-41)26-10-11-28(43-33(26)34(49)50)25-9-12-30-31(15-25)47(14-13-46(30)4)36(51)45-35-44-29-7-5-6-8-32(29)53-35/h5-12,15-16H,13-14,17-23,41H2,1-4H3,(H,49,50)(H,44,45,51). The minimum absolute atomic E-state index is 0.00307. The number of fused-ring (bicyclic) bond motifs is 2. The third-order valence-corrected chi connectivity index (χ3v) is 13.2. The number of nitrogens with zero attached hydrogens (tertiary/aromatic N) is 6. The quantitative estimate of drug-likeness (QED) is 0.143. The number of rotatable bonds is 7. The molecule has 1 aliphatic heterocycles. The van der Waals surface area contributed by atoms with Crippen molar-refractivity contribution in [3.8, 4) is 22.4 Å². The zero-order chi connectivity index (χ0) is 36.9. The first-order valence-corrected chi connectivity index (χ1v) is 19.1. The van der Waals surface area contributed by atoms with Crippen LogP contribution in [0.2, 0.25) is 0 Å². The van der Waals surface area contributed by atoms with E-state index in [1.165, 1.54) is 17.8 Å². The maximum atomic E-state index is 13.7. The fourth-order valence-corrected chi connectivity index (χ4v) is 12.2. The average Bonchev–Trinajstić information content (AvgIpc) is 3.68. The molecule has 2 unspecified atom stereocenters. The van der Waals surface area contributed by atoms with Gasteiger partial charge < -0.3 is 10.0 Å². The van der Waals surface area contributed by atoms with Gasteiger partial charge in [0.2, 0.25) is 0 Å². The molecule has 2 aromatic carbocycles. The number of carboxylic acid groups (broad SMARTS) is 1. The van der Waals surface area contributed by atoms with E-state index in [0.29, 0.717) is 40.7 Å². The zero-order valence-electron chi connectivity index (χ0n) is 30.5. The highest BCUT2D eigenvalue weighted by molar-refractivity contribution is 7.22. The van der Waals surface area contributed by atoms with Crippen LogP contribution < -0.4 is 21.0 Å². The number of hydrogen-bond donors (Lipinski definition) is 3. The highest BCUT2D eigenvalue weighted by Gasteiger charge is 2.66. The number of thiazole rings is 1. The normalized spacial score (nSPS) is 27.3. The van der Waals surface area contributed by atoms with Gasteiger partial charge in [-0.15, -0.1) is 0 Å². The Hall–Kier alpha value is -4.85. The lowest BCUT2D eigenvalue weighted by atomic mass is 9.39. The van der Waals surface area contributed by atoms with Gasteiger partial charge in [0, 0.05) is 49.1 Å².